The van der Waals surface area contributed by atoms with Gasteiger partial charge in [-0.3, -0.25) is 0 Å². The van der Waals surface area contributed by atoms with Gasteiger partial charge in [0.15, 0.2) is 0 Å². The van der Waals surface area contributed by atoms with E-state index in [0.717, 1.165) is 6.42 Å². The Morgan fingerprint density at radius 3 is 2.77 bits per heavy atom. The van der Waals surface area contributed by atoms with Crippen LogP contribution in [0, 0.1) is 11.8 Å². The number of cyclic esters (lactones) is 1. The Morgan fingerprint density at radius 2 is 2.23 bits per heavy atom. The molecule has 0 bridgehead atoms. The molecule has 2 rings (SSSR count). The van der Waals surface area contributed by atoms with E-state index in [1.807, 2.05) is 0 Å². The summed E-state index contributed by atoms with van der Waals surface area (Å²) in [6.07, 6.45) is 3.40. The Kier molecular flexibility index (Phi) is 2.18. The standard InChI is InChI=1S/C10H17NO2/c1-6(2)5-8-9(7-3-4-7)11-10(12)13-8/h6-9H,3-5H2,1-2H3,(H,11,12)/t8-,9-/m1/s1. The third-order valence-corrected chi connectivity index (χ3v) is 2.78. The summed E-state index contributed by atoms with van der Waals surface area (Å²) in [4.78, 5) is 11.0. The molecule has 1 aliphatic heterocycles. The van der Waals surface area contributed by atoms with Gasteiger partial charge in [-0.05, 0) is 31.1 Å². The summed E-state index contributed by atoms with van der Waals surface area (Å²) in [5.41, 5.74) is 0. The Bertz CT molecular complexity index is 211. The van der Waals surface area contributed by atoms with Crippen molar-refractivity contribution in [2.75, 3.05) is 0 Å². The van der Waals surface area contributed by atoms with Gasteiger partial charge < -0.3 is 10.1 Å². The SMILES string of the molecule is CC(C)C[C@H]1OC(=O)N[C@@H]1C1CC1. The number of amides is 1. The van der Waals surface area contributed by atoms with Crippen molar-refractivity contribution in [2.24, 2.45) is 11.8 Å². The Balaban J connectivity index is 1.94. The molecule has 0 unspecified atom stereocenters. The molecule has 0 spiro atoms. The molecule has 2 atom stereocenters. The average molecular weight is 183 g/mol. The number of nitrogens with one attached hydrogen (secondary N) is 1. The number of carbonyl (C=O) groups is 1. The number of hydrogen-bond acceptors (Lipinski definition) is 2. The van der Waals surface area contributed by atoms with Crippen LogP contribution in [0.2, 0.25) is 0 Å². The first kappa shape index (κ1) is 8.85. The molecule has 0 aromatic heterocycles. The fourth-order valence-electron chi connectivity index (χ4n) is 2.01. The molecule has 0 aromatic rings. The first-order chi connectivity index (χ1) is 6.16. The number of ether oxygens (including phenoxy) is 1. The van der Waals surface area contributed by atoms with Crippen LogP contribution in [-0.4, -0.2) is 18.2 Å². The number of rotatable bonds is 3. The highest BCUT2D eigenvalue weighted by atomic mass is 16.6. The van der Waals surface area contributed by atoms with E-state index in [2.05, 4.69) is 19.2 Å². The first-order valence-electron chi connectivity index (χ1n) is 5.14. The van der Waals surface area contributed by atoms with Crippen LogP contribution in [0.3, 0.4) is 0 Å². The minimum absolute atomic E-state index is 0.125. The second-order valence-corrected chi connectivity index (χ2v) is 4.58. The van der Waals surface area contributed by atoms with Crippen LogP contribution in [0.1, 0.15) is 33.1 Å². The third-order valence-electron chi connectivity index (χ3n) is 2.78. The minimum atomic E-state index is -0.220. The van der Waals surface area contributed by atoms with Gasteiger partial charge in [-0.2, -0.15) is 0 Å². The van der Waals surface area contributed by atoms with Crippen LogP contribution in [-0.2, 0) is 4.74 Å². The summed E-state index contributed by atoms with van der Waals surface area (Å²) in [5, 5.41) is 2.91. The molecule has 1 aliphatic carbocycles. The minimum Gasteiger partial charge on any atom is -0.444 e. The van der Waals surface area contributed by atoms with Gasteiger partial charge in [-0.15, -0.1) is 0 Å². The average Bonchev–Trinajstić information content (AvgIpc) is 2.77. The van der Waals surface area contributed by atoms with Gasteiger partial charge in [-0.25, -0.2) is 4.79 Å². The predicted molar refractivity (Wildman–Crippen MR) is 49.4 cm³/mol. The molecule has 1 saturated carbocycles. The highest BCUT2D eigenvalue weighted by Gasteiger charge is 2.43. The number of hydrogen-bond donors (Lipinski definition) is 1. The van der Waals surface area contributed by atoms with E-state index in [9.17, 15) is 4.79 Å². The zero-order chi connectivity index (χ0) is 9.42. The molecule has 3 nitrogen and oxygen atoms in total. The van der Waals surface area contributed by atoms with Gasteiger partial charge in [0, 0.05) is 0 Å². The zero-order valence-electron chi connectivity index (χ0n) is 8.25. The molecule has 2 aliphatic rings. The molecule has 0 aromatic carbocycles. The van der Waals surface area contributed by atoms with Gasteiger partial charge in [0.25, 0.3) is 0 Å². The van der Waals surface area contributed by atoms with Crippen LogP contribution in [0.5, 0.6) is 0 Å². The van der Waals surface area contributed by atoms with Gasteiger partial charge in [0.1, 0.15) is 6.10 Å². The maximum Gasteiger partial charge on any atom is 0.407 e. The smallest absolute Gasteiger partial charge is 0.407 e. The maximum atomic E-state index is 11.0. The van der Waals surface area contributed by atoms with Crippen molar-refractivity contribution >= 4 is 6.09 Å². The molecule has 1 heterocycles. The summed E-state index contributed by atoms with van der Waals surface area (Å²) >= 11 is 0. The van der Waals surface area contributed by atoms with Crippen molar-refractivity contribution in [1.82, 2.24) is 5.32 Å². The lowest BCUT2D eigenvalue weighted by molar-refractivity contribution is 0.114. The van der Waals surface area contributed by atoms with E-state index in [4.69, 9.17) is 4.74 Å². The van der Waals surface area contributed by atoms with Crippen molar-refractivity contribution in [3.63, 3.8) is 0 Å². The zero-order valence-corrected chi connectivity index (χ0v) is 8.25. The van der Waals surface area contributed by atoms with Crippen molar-refractivity contribution in [3.05, 3.63) is 0 Å². The van der Waals surface area contributed by atoms with Crippen molar-refractivity contribution in [2.45, 2.75) is 45.3 Å². The van der Waals surface area contributed by atoms with Gasteiger partial charge >= 0.3 is 6.09 Å². The fraction of sp³-hybridized carbons (Fsp3) is 0.900. The Hall–Kier alpha value is -0.730. The van der Waals surface area contributed by atoms with Crippen LogP contribution in [0.15, 0.2) is 0 Å². The van der Waals surface area contributed by atoms with Crippen LogP contribution >= 0.6 is 0 Å². The fourth-order valence-corrected chi connectivity index (χ4v) is 2.01. The van der Waals surface area contributed by atoms with E-state index in [1.165, 1.54) is 12.8 Å². The lowest BCUT2D eigenvalue weighted by Crippen LogP contribution is -2.34. The van der Waals surface area contributed by atoms with Crippen molar-refractivity contribution in [1.29, 1.82) is 0 Å². The van der Waals surface area contributed by atoms with Crippen LogP contribution < -0.4 is 5.32 Å². The van der Waals surface area contributed by atoms with E-state index in [0.29, 0.717) is 17.9 Å². The Morgan fingerprint density at radius 1 is 1.54 bits per heavy atom. The molecule has 2 fully saturated rings. The van der Waals surface area contributed by atoms with E-state index in [1.54, 1.807) is 0 Å². The summed E-state index contributed by atoms with van der Waals surface area (Å²) in [6, 6.07) is 0.301. The molecule has 1 saturated heterocycles. The topological polar surface area (TPSA) is 38.3 Å². The molecule has 13 heavy (non-hydrogen) atoms. The highest BCUT2D eigenvalue weighted by molar-refractivity contribution is 5.70. The first-order valence-corrected chi connectivity index (χ1v) is 5.14. The van der Waals surface area contributed by atoms with Crippen LogP contribution in [0.25, 0.3) is 0 Å². The lowest BCUT2D eigenvalue weighted by atomic mass is 9.98. The second kappa shape index (κ2) is 3.20. The maximum absolute atomic E-state index is 11.0. The van der Waals surface area contributed by atoms with Crippen molar-refractivity contribution in [3.8, 4) is 0 Å². The lowest BCUT2D eigenvalue weighted by Gasteiger charge is -2.17. The highest BCUT2D eigenvalue weighted by Crippen LogP contribution is 2.37. The van der Waals surface area contributed by atoms with Gasteiger partial charge in [-0.1, -0.05) is 13.8 Å². The van der Waals surface area contributed by atoms with Crippen LogP contribution in [0.4, 0.5) is 4.79 Å². The summed E-state index contributed by atoms with van der Waals surface area (Å²) in [5.74, 6) is 1.29. The molecule has 3 heteroatoms. The molecule has 1 amide bonds. The normalized spacial score (nSPS) is 33.3. The number of alkyl carbamates (subject to hydrolysis) is 1. The van der Waals surface area contributed by atoms with Gasteiger partial charge in [0.05, 0.1) is 6.04 Å². The van der Waals surface area contributed by atoms with E-state index < -0.39 is 0 Å². The van der Waals surface area contributed by atoms with Gasteiger partial charge in [0.2, 0.25) is 0 Å². The third kappa shape index (κ3) is 1.95. The Labute approximate surface area is 78.8 Å². The molecule has 74 valence electrons. The predicted octanol–water partition coefficient (Wildman–Crippen LogP) is 1.92. The molecular weight excluding hydrogens is 166 g/mol. The summed E-state index contributed by atoms with van der Waals surface area (Å²) < 4.78 is 5.24. The number of carbonyl (C=O) groups excluding carboxylic acids is 1. The second-order valence-electron chi connectivity index (χ2n) is 4.58. The van der Waals surface area contributed by atoms with E-state index in [-0.39, 0.29) is 12.2 Å². The summed E-state index contributed by atoms with van der Waals surface area (Å²) in [7, 11) is 0. The monoisotopic (exact) mass is 183 g/mol. The largest absolute Gasteiger partial charge is 0.444 e. The summed E-state index contributed by atoms with van der Waals surface area (Å²) in [6.45, 7) is 4.33. The van der Waals surface area contributed by atoms with E-state index >= 15 is 0 Å². The quantitative estimate of drug-likeness (QED) is 0.726. The molecular formula is C10H17NO2. The van der Waals surface area contributed by atoms with Crippen molar-refractivity contribution < 1.29 is 9.53 Å². The molecule has 0 radical (unpaired) electrons. The molecule has 1 N–H and O–H groups in total.